The molecule has 0 radical (unpaired) electrons. The van der Waals surface area contributed by atoms with Gasteiger partial charge < -0.3 is 4.42 Å². The van der Waals surface area contributed by atoms with Gasteiger partial charge in [0.2, 0.25) is 0 Å². The largest absolute Gasteiger partial charge is 0.440 e. The third-order valence-electron chi connectivity index (χ3n) is 2.25. The van der Waals surface area contributed by atoms with Crippen molar-refractivity contribution in [2.45, 2.75) is 17.4 Å². The van der Waals surface area contributed by atoms with E-state index in [-0.39, 0.29) is 5.56 Å². The molecule has 0 saturated carbocycles. The normalized spacial score (nSPS) is 12.4. The van der Waals surface area contributed by atoms with Crippen LogP contribution in [0.25, 0.3) is 0 Å². The summed E-state index contributed by atoms with van der Waals surface area (Å²) >= 11 is 1.08. The molecule has 1 unspecified atom stereocenters. The van der Waals surface area contributed by atoms with Gasteiger partial charge >= 0.3 is 0 Å². The molecule has 2 rings (SSSR count). The molecule has 3 nitrogen and oxygen atoms in total. The Balaban J connectivity index is 2.15. The number of thioether (sulfide) groups is 1. The van der Waals surface area contributed by atoms with Crippen molar-refractivity contribution in [3.05, 3.63) is 47.9 Å². The van der Waals surface area contributed by atoms with Crippen LogP contribution in [0.15, 0.2) is 40.3 Å². The lowest BCUT2D eigenvalue weighted by molar-refractivity contribution is 0.0989. The molecule has 0 spiro atoms. The summed E-state index contributed by atoms with van der Waals surface area (Å²) in [7, 11) is 0. The average molecular weight is 269 g/mol. The van der Waals surface area contributed by atoms with Crippen LogP contribution in [-0.4, -0.2) is 16.0 Å². The highest BCUT2D eigenvalue weighted by Gasteiger charge is 2.21. The molecule has 0 N–H and O–H groups in total. The quantitative estimate of drug-likeness (QED) is 0.631. The van der Waals surface area contributed by atoms with Crippen LogP contribution >= 0.6 is 11.8 Å². The fourth-order valence-corrected chi connectivity index (χ4v) is 2.15. The van der Waals surface area contributed by atoms with Crippen molar-refractivity contribution in [2.24, 2.45) is 0 Å². The van der Waals surface area contributed by atoms with Crippen molar-refractivity contribution in [1.29, 1.82) is 0 Å². The van der Waals surface area contributed by atoms with Gasteiger partial charge in [-0.1, -0.05) is 11.8 Å². The number of hydrogen-bond donors (Lipinski definition) is 0. The third kappa shape index (κ3) is 2.76. The van der Waals surface area contributed by atoms with Crippen LogP contribution in [0.4, 0.5) is 8.78 Å². The second kappa shape index (κ2) is 5.30. The zero-order valence-electron chi connectivity index (χ0n) is 9.39. The van der Waals surface area contributed by atoms with Crippen molar-refractivity contribution in [1.82, 2.24) is 4.98 Å². The molecule has 1 aromatic heterocycles. The van der Waals surface area contributed by atoms with Gasteiger partial charge in [0.25, 0.3) is 5.22 Å². The molecule has 0 fully saturated rings. The average Bonchev–Trinajstić information content (AvgIpc) is 2.81. The molecule has 0 aliphatic carbocycles. The number of ketones is 1. The fourth-order valence-electron chi connectivity index (χ4n) is 1.38. The minimum absolute atomic E-state index is 0.136. The number of rotatable bonds is 4. The van der Waals surface area contributed by atoms with E-state index >= 15 is 0 Å². The van der Waals surface area contributed by atoms with Gasteiger partial charge in [0.1, 0.15) is 17.9 Å². The number of Topliss-reactive ketones (excluding diaryl/α,β-unsaturated/α-hetero) is 1. The summed E-state index contributed by atoms with van der Waals surface area (Å²) in [6.07, 6.45) is 2.84. The Bertz CT molecular complexity index is 557. The number of nitrogens with zero attached hydrogens (tertiary/aromatic N) is 1. The lowest BCUT2D eigenvalue weighted by Crippen LogP contribution is -2.15. The first kappa shape index (κ1) is 12.8. The Labute approximate surface area is 106 Å². The highest BCUT2D eigenvalue weighted by Crippen LogP contribution is 2.25. The molecule has 0 aliphatic rings. The monoisotopic (exact) mass is 269 g/mol. The number of halogens is 2. The molecule has 0 amide bonds. The fraction of sp³-hybridized carbons (Fsp3) is 0.167. The van der Waals surface area contributed by atoms with Gasteiger partial charge in [0.15, 0.2) is 5.78 Å². The smallest absolute Gasteiger partial charge is 0.256 e. The Kier molecular flexibility index (Phi) is 3.76. The van der Waals surface area contributed by atoms with Crippen molar-refractivity contribution >= 4 is 17.5 Å². The minimum Gasteiger partial charge on any atom is -0.440 e. The number of carbonyl (C=O) groups excluding carboxylic acids is 1. The van der Waals surface area contributed by atoms with Crippen molar-refractivity contribution in [3.8, 4) is 0 Å². The lowest BCUT2D eigenvalue weighted by atomic mass is 10.1. The second-order valence-electron chi connectivity index (χ2n) is 3.55. The highest BCUT2D eigenvalue weighted by atomic mass is 32.2. The first-order valence-corrected chi connectivity index (χ1v) is 6.01. The summed E-state index contributed by atoms with van der Waals surface area (Å²) in [4.78, 5) is 15.8. The van der Waals surface area contributed by atoms with Gasteiger partial charge in [-0.05, 0) is 19.1 Å². The van der Waals surface area contributed by atoms with Crippen LogP contribution in [0, 0.1) is 11.6 Å². The molecule has 0 bridgehead atoms. The number of carbonyl (C=O) groups is 1. The first-order valence-electron chi connectivity index (χ1n) is 5.13. The molecular weight excluding hydrogens is 260 g/mol. The molecule has 0 saturated heterocycles. The number of hydrogen-bond acceptors (Lipinski definition) is 4. The van der Waals surface area contributed by atoms with Crippen LogP contribution in [0.1, 0.15) is 17.3 Å². The van der Waals surface area contributed by atoms with Gasteiger partial charge in [-0.15, -0.1) is 0 Å². The molecular formula is C12H9F2NO2S. The van der Waals surface area contributed by atoms with Crippen LogP contribution in [0.2, 0.25) is 0 Å². The SMILES string of the molecule is CC(Sc1ncco1)C(=O)c1ccc(F)cc1F. The van der Waals surface area contributed by atoms with Gasteiger partial charge in [-0.25, -0.2) is 13.8 Å². The minimum atomic E-state index is -0.861. The summed E-state index contributed by atoms with van der Waals surface area (Å²) < 4.78 is 31.2. The van der Waals surface area contributed by atoms with Crippen molar-refractivity contribution in [3.63, 3.8) is 0 Å². The van der Waals surface area contributed by atoms with Gasteiger partial charge in [0, 0.05) is 6.07 Å². The van der Waals surface area contributed by atoms with Crippen LogP contribution < -0.4 is 0 Å². The summed E-state index contributed by atoms with van der Waals surface area (Å²) in [6.45, 7) is 1.61. The maximum atomic E-state index is 13.4. The van der Waals surface area contributed by atoms with E-state index in [1.165, 1.54) is 12.5 Å². The predicted octanol–water partition coefficient (Wildman–Crippen LogP) is 3.32. The van der Waals surface area contributed by atoms with Crippen LogP contribution in [0.3, 0.4) is 0 Å². The summed E-state index contributed by atoms with van der Waals surface area (Å²) in [5, 5.41) is -0.234. The maximum Gasteiger partial charge on any atom is 0.256 e. The topological polar surface area (TPSA) is 43.1 Å². The van der Waals surface area contributed by atoms with Gasteiger partial charge in [-0.2, -0.15) is 0 Å². The van der Waals surface area contributed by atoms with Crippen LogP contribution in [-0.2, 0) is 0 Å². The van der Waals surface area contributed by atoms with E-state index in [9.17, 15) is 13.6 Å². The Morgan fingerprint density at radius 2 is 2.22 bits per heavy atom. The molecule has 1 heterocycles. The Morgan fingerprint density at radius 1 is 1.44 bits per heavy atom. The zero-order valence-corrected chi connectivity index (χ0v) is 10.2. The van der Waals surface area contributed by atoms with Crippen molar-refractivity contribution < 1.29 is 18.0 Å². The molecule has 18 heavy (non-hydrogen) atoms. The molecule has 6 heteroatoms. The molecule has 1 aromatic carbocycles. The first-order chi connectivity index (χ1) is 8.58. The van der Waals surface area contributed by atoms with E-state index in [0.717, 1.165) is 23.9 Å². The van der Waals surface area contributed by atoms with E-state index in [0.29, 0.717) is 11.3 Å². The summed E-state index contributed by atoms with van der Waals surface area (Å²) in [5.74, 6) is -2.01. The molecule has 94 valence electrons. The molecule has 1 atom stereocenters. The van der Waals surface area contributed by atoms with E-state index in [1.807, 2.05) is 0 Å². The third-order valence-corrected chi connectivity index (χ3v) is 3.22. The lowest BCUT2D eigenvalue weighted by Gasteiger charge is -2.08. The Morgan fingerprint density at radius 3 is 2.83 bits per heavy atom. The van der Waals surface area contributed by atoms with Crippen LogP contribution in [0.5, 0.6) is 0 Å². The summed E-state index contributed by atoms with van der Waals surface area (Å²) in [5.41, 5.74) is -0.136. The number of oxazole rings is 1. The van der Waals surface area contributed by atoms with Gasteiger partial charge in [-0.3, -0.25) is 4.79 Å². The predicted molar refractivity (Wildman–Crippen MR) is 62.5 cm³/mol. The Hall–Kier alpha value is -1.69. The highest BCUT2D eigenvalue weighted by molar-refractivity contribution is 8.00. The van der Waals surface area contributed by atoms with E-state index in [1.54, 1.807) is 6.92 Å². The number of benzene rings is 1. The molecule has 2 aromatic rings. The van der Waals surface area contributed by atoms with Crippen molar-refractivity contribution in [2.75, 3.05) is 0 Å². The standard InChI is InChI=1S/C12H9F2NO2S/c1-7(18-12-15-4-5-17-12)11(16)9-3-2-8(13)6-10(9)14/h2-7H,1H3. The summed E-state index contributed by atoms with van der Waals surface area (Å²) in [6, 6.07) is 2.88. The van der Waals surface area contributed by atoms with Gasteiger partial charge in [0.05, 0.1) is 17.0 Å². The second-order valence-corrected chi connectivity index (χ2v) is 4.84. The molecule has 0 aliphatic heterocycles. The number of aromatic nitrogens is 1. The maximum absolute atomic E-state index is 13.4. The zero-order chi connectivity index (χ0) is 13.1. The van der Waals surface area contributed by atoms with E-state index in [2.05, 4.69) is 4.98 Å². The van der Waals surface area contributed by atoms with E-state index in [4.69, 9.17) is 4.42 Å². The van der Waals surface area contributed by atoms with E-state index < -0.39 is 22.7 Å².